The summed E-state index contributed by atoms with van der Waals surface area (Å²) in [5, 5.41) is 21.2. The predicted molar refractivity (Wildman–Crippen MR) is 43.1 cm³/mol. The molecule has 0 bridgehead atoms. The average molecular weight is 159 g/mol. The van der Waals surface area contributed by atoms with Crippen LogP contribution in [0.15, 0.2) is 0 Å². The van der Waals surface area contributed by atoms with Crippen LogP contribution in [0.4, 0.5) is 0 Å². The van der Waals surface area contributed by atoms with Crippen LogP contribution in [0, 0.1) is 0 Å². The van der Waals surface area contributed by atoms with Crippen LogP contribution < -0.4 is 5.32 Å². The number of ether oxygens (including phenoxy) is 1. The highest BCUT2D eigenvalue weighted by Gasteiger charge is 2.39. The van der Waals surface area contributed by atoms with Gasteiger partial charge in [-0.3, -0.25) is 0 Å². The Kier molecular flexibility index (Phi) is 2.89. The molecule has 0 amide bonds. The van der Waals surface area contributed by atoms with Gasteiger partial charge in [-0.25, -0.2) is 0 Å². The van der Waals surface area contributed by atoms with Gasteiger partial charge in [0.1, 0.15) is 7.85 Å². The molecule has 0 aliphatic carbocycles. The molecule has 3 N–H and O–H groups in total. The molecule has 0 spiro atoms. The quantitative estimate of drug-likeness (QED) is 0.383. The van der Waals surface area contributed by atoms with E-state index in [0.29, 0.717) is 0 Å². The van der Waals surface area contributed by atoms with Crippen molar-refractivity contribution >= 4 is 7.85 Å². The summed E-state index contributed by atoms with van der Waals surface area (Å²) in [5.74, 6) is 0. The Morgan fingerprint density at radius 3 is 2.64 bits per heavy atom. The zero-order chi connectivity index (χ0) is 8.43. The first kappa shape index (κ1) is 9.00. The monoisotopic (exact) mass is 159 g/mol. The highest BCUT2D eigenvalue weighted by Crippen LogP contribution is 2.18. The second-order valence-electron chi connectivity index (χ2n) is 2.87. The van der Waals surface area contributed by atoms with Crippen molar-refractivity contribution in [2.24, 2.45) is 0 Å². The molecule has 4 atom stereocenters. The maximum Gasteiger partial charge on any atom is 0.142 e. The van der Waals surface area contributed by atoms with Gasteiger partial charge in [0, 0.05) is 0 Å². The molecule has 0 saturated carbocycles. The second-order valence-corrected chi connectivity index (χ2v) is 2.87. The van der Waals surface area contributed by atoms with Gasteiger partial charge in [0.15, 0.2) is 0 Å². The fraction of sp³-hybridized carbons (Fsp3) is 1.00. The molecule has 1 heterocycles. The summed E-state index contributed by atoms with van der Waals surface area (Å²) in [6.45, 7) is -0.0487. The molecule has 0 aromatic heterocycles. The Morgan fingerprint density at radius 1 is 1.64 bits per heavy atom. The van der Waals surface area contributed by atoms with Gasteiger partial charge in [0.05, 0.1) is 30.9 Å². The molecule has 64 valence electrons. The molecule has 1 unspecified atom stereocenters. The lowest BCUT2D eigenvalue weighted by Gasteiger charge is -2.17. The summed E-state index contributed by atoms with van der Waals surface area (Å²) in [5.41, 5.74) is 0. The molecule has 1 aliphatic rings. The summed E-state index contributed by atoms with van der Waals surface area (Å²) >= 11 is 0. The van der Waals surface area contributed by atoms with E-state index < -0.39 is 6.10 Å². The Bertz CT molecular complexity index is 135. The van der Waals surface area contributed by atoms with Gasteiger partial charge in [0.2, 0.25) is 0 Å². The van der Waals surface area contributed by atoms with Crippen molar-refractivity contribution in [2.45, 2.75) is 24.3 Å². The molecule has 0 aromatic rings. The standard InChI is InChI=1S/C6H14BNO3/c1-8-4-3(2-9)11-6(7)5(4)10/h3-6,8-10H,2,7H2,1H3/t3-,4?,5+,6-/m1/s1. The molecule has 1 fully saturated rings. The van der Waals surface area contributed by atoms with E-state index in [-0.39, 0.29) is 24.8 Å². The second kappa shape index (κ2) is 3.54. The lowest BCUT2D eigenvalue weighted by molar-refractivity contribution is 0.0277. The van der Waals surface area contributed by atoms with Gasteiger partial charge in [-0.1, -0.05) is 0 Å². The molecule has 1 saturated heterocycles. The van der Waals surface area contributed by atoms with Crippen molar-refractivity contribution < 1.29 is 14.9 Å². The molecule has 1 rings (SSSR count). The topological polar surface area (TPSA) is 61.7 Å². The zero-order valence-corrected chi connectivity index (χ0v) is 6.82. The van der Waals surface area contributed by atoms with E-state index in [4.69, 9.17) is 9.84 Å². The van der Waals surface area contributed by atoms with Crippen LogP contribution in [0.1, 0.15) is 0 Å². The molecular weight excluding hydrogens is 145 g/mol. The molecule has 0 aromatic carbocycles. The molecule has 5 heteroatoms. The zero-order valence-electron chi connectivity index (χ0n) is 6.82. The maximum atomic E-state index is 9.46. The number of rotatable bonds is 2. The van der Waals surface area contributed by atoms with Gasteiger partial charge in [0.25, 0.3) is 0 Å². The first-order valence-corrected chi connectivity index (χ1v) is 3.82. The van der Waals surface area contributed by atoms with E-state index in [1.807, 2.05) is 0 Å². The first-order chi connectivity index (χ1) is 5.20. The highest BCUT2D eigenvalue weighted by molar-refractivity contribution is 6.11. The number of likely N-dealkylation sites (N-methyl/N-ethyl adjacent to an activating group) is 1. The van der Waals surface area contributed by atoms with Crippen molar-refractivity contribution in [3.05, 3.63) is 0 Å². The summed E-state index contributed by atoms with van der Waals surface area (Å²) in [6, 6.07) is -0.334. The number of nitrogens with one attached hydrogen (secondary N) is 1. The fourth-order valence-electron chi connectivity index (χ4n) is 1.47. The summed E-state index contributed by atoms with van der Waals surface area (Å²) in [4.78, 5) is 0. The third kappa shape index (κ3) is 1.56. The molecule has 11 heavy (non-hydrogen) atoms. The molecule has 1 aliphatic heterocycles. The Hall–Kier alpha value is -0.0951. The van der Waals surface area contributed by atoms with Crippen molar-refractivity contribution in [1.29, 1.82) is 0 Å². The summed E-state index contributed by atoms with van der Waals surface area (Å²) < 4.78 is 5.26. The van der Waals surface area contributed by atoms with Crippen LogP contribution in [0.5, 0.6) is 0 Å². The van der Waals surface area contributed by atoms with E-state index >= 15 is 0 Å². The normalized spacial score (nSPS) is 44.6. The van der Waals surface area contributed by atoms with E-state index in [9.17, 15) is 5.11 Å². The summed E-state index contributed by atoms with van der Waals surface area (Å²) in [6.07, 6.45) is -0.790. The minimum absolute atomic E-state index is 0.0487. The smallest absolute Gasteiger partial charge is 0.142 e. The van der Waals surface area contributed by atoms with Crippen LogP contribution in [-0.4, -0.2) is 56.0 Å². The van der Waals surface area contributed by atoms with Crippen molar-refractivity contribution in [3.63, 3.8) is 0 Å². The SMILES string of the molecule is B[C@@H]1O[C@H](CO)C(NC)[C@@H]1O. The fourth-order valence-corrected chi connectivity index (χ4v) is 1.47. The Morgan fingerprint density at radius 2 is 2.27 bits per heavy atom. The van der Waals surface area contributed by atoms with Crippen LogP contribution in [-0.2, 0) is 4.74 Å². The van der Waals surface area contributed by atoms with Gasteiger partial charge in [-0.05, 0) is 7.05 Å². The van der Waals surface area contributed by atoms with E-state index in [2.05, 4.69) is 5.32 Å². The van der Waals surface area contributed by atoms with E-state index in [1.54, 1.807) is 14.9 Å². The van der Waals surface area contributed by atoms with Crippen LogP contribution in [0.3, 0.4) is 0 Å². The van der Waals surface area contributed by atoms with Crippen molar-refractivity contribution in [1.82, 2.24) is 5.32 Å². The number of aliphatic hydroxyl groups is 2. The predicted octanol–water partition coefficient (Wildman–Crippen LogP) is -2.71. The third-order valence-electron chi connectivity index (χ3n) is 2.15. The van der Waals surface area contributed by atoms with Gasteiger partial charge in [-0.15, -0.1) is 0 Å². The van der Waals surface area contributed by atoms with Crippen molar-refractivity contribution in [2.75, 3.05) is 13.7 Å². The lowest BCUT2D eigenvalue weighted by atomic mass is 9.92. The maximum absolute atomic E-state index is 9.46. The Balaban J connectivity index is 2.57. The first-order valence-electron chi connectivity index (χ1n) is 3.82. The van der Waals surface area contributed by atoms with Gasteiger partial charge < -0.3 is 20.3 Å². The third-order valence-corrected chi connectivity index (χ3v) is 2.15. The minimum Gasteiger partial charge on any atom is -0.394 e. The summed E-state index contributed by atoms with van der Waals surface area (Å²) in [7, 11) is 3.54. The van der Waals surface area contributed by atoms with Crippen LogP contribution in [0.25, 0.3) is 0 Å². The number of aliphatic hydroxyl groups excluding tert-OH is 2. The highest BCUT2D eigenvalue weighted by atomic mass is 16.5. The Labute approximate surface area is 67.0 Å². The largest absolute Gasteiger partial charge is 0.394 e. The van der Waals surface area contributed by atoms with Gasteiger partial charge >= 0.3 is 0 Å². The van der Waals surface area contributed by atoms with Gasteiger partial charge in [-0.2, -0.15) is 0 Å². The van der Waals surface area contributed by atoms with E-state index in [0.717, 1.165) is 0 Å². The molecular formula is C6H14BNO3. The number of hydrogen-bond donors (Lipinski definition) is 3. The van der Waals surface area contributed by atoms with Crippen molar-refractivity contribution in [3.8, 4) is 0 Å². The molecule has 0 radical (unpaired) electrons. The van der Waals surface area contributed by atoms with Crippen LogP contribution in [0.2, 0.25) is 0 Å². The lowest BCUT2D eigenvalue weighted by Crippen LogP contribution is -2.44. The number of hydrogen-bond acceptors (Lipinski definition) is 4. The molecule has 4 nitrogen and oxygen atoms in total. The minimum atomic E-state index is -0.517. The van der Waals surface area contributed by atoms with E-state index in [1.165, 1.54) is 0 Å². The average Bonchev–Trinajstić information content (AvgIpc) is 2.28. The van der Waals surface area contributed by atoms with Crippen LogP contribution >= 0.6 is 0 Å².